The number of Topliss-reactive ketones (excluding diaryl/α,β-unsaturated/α-hetero) is 1. The fourth-order valence-electron chi connectivity index (χ4n) is 2.23. The number of amides is 2. The van der Waals surface area contributed by atoms with E-state index in [1.54, 1.807) is 12.1 Å². The third kappa shape index (κ3) is 3.76. The molecule has 4 nitrogen and oxygen atoms in total. The molecule has 1 aromatic carbocycles. The van der Waals surface area contributed by atoms with Gasteiger partial charge in [-0.05, 0) is 25.0 Å². The number of hydrogen-bond donors (Lipinski definition) is 0. The lowest BCUT2D eigenvalue weighted by Crippen LogP contribution is -2.40. The van der Waals surface area contributed by atoms with E-state index < -0.39 is 0 Å². The first-order valence-corrected chi connectivity index (χ1v) is 7.49. The number of ketones is 1. The second-order valence-corrected chi connectivity index (χ2v) is 5.74. The van der Waals surface area contributed by atoms with Crippen molar-refractivity contribution in [2.75, 3.05) is 6.54 Å². The normalized spacial score (nSPS) is 15.6. The molecule has 0 aliphatic carbocycles. The molecule has 0 radical (unpaired) electrons. The van der Waals surface area contributed by atoms with Crippen LogP contribution in [0.2, 0.25) is 0 Å². The number of carbonyl (C=O) groups excluding carboxylic acids is 3. The van der Waals surface area contributed by atoms with Crippen LogP contribution in [-0.2, 0) is 9.59 Å². The van der Waals surface area contributed by atoms with E-state index in [0.717, 1.165) is 4.47 Å². The van der Waals surface area contributed by atoms with Gasteiger partial charge in [-0.1, -0.05) is 28.1 Å². The molecule has 1 fully saturated rings. The van der Waals surface area contributed by atoms with Crippen molar-refractivity contribution in [3.8, 4) is 0 Å². The van der Waals surface area contributed by atoms with E-state index in [4.69, 9.17) is 0 Å². The zero-order valence-electron chi connectivity index (χ0n) is 11.1. The summed E-state index contributed by atoms with van der Waals surface area (Å²) in [5.74, 6) is -0.191. The van der Waals surface area contributed by atoms with Crippen LogP contribution in [0.1, 0.15) is 42.5 Å². The van der Waals surface area contributed by atoms with Gasteiger partial charge in [-0.3, -0.25) is 19.3 Å². The van der Waals surface area contributed by atoms with Gasteiger partial charge in [-0.15, -0.1) is 0 Å². The third-order valence-corrected chi connectivity index (χ3v) is 3.86. The molecule has 1 heterocycles. The number of nitrogens with zero attached hydrogens (tertiary/aromatic N) is 1. The lowest BCUT2D eigenvalue weighted by atomic mass is 10.1. The van der Waals surface area contributed by atoms with Crippen molar-refractivity contribution < 1.29 is 14.4 Å². The van der Waals surface area contributed by atoms with Crippen molar-refractivity contribution in [2.24, 2.45) is 0 Å². The number of likely N-dealkylation sites (tertiary alicyclic amines) is 1. The largest absolute Gasteiger partial charge is 0.294 e. The summed E-state index contributed by atoms with van der Waals surface area (Å²) in [4.78, 5) is 36.5. The molecule has 0 bridgehead atoms. The summed E-state index contributed by atoms with van der Waals surface area (Å²) in [6, 6.07) is 7.18. The molecular weight excluding hydrogens is 322 g/mol. The zero-order valence-corrected chi connectivity index (χ0v) is 12.7. The van der Waals surface area contributed by atoms with Gasteiger partial charge in [0.2, 0.25) is 11.8 Å². The quantitative estimate of drug-likeness (QED) is 0.613. The molecule has 1 aliphatic heterocycles. The van der Waals surface area contributed by atoms with Gasteiger partial charge in [0.25, 0.3) is 0 Å². The van der Waals surface area contributed by atoms with Crippen molar-refractivity contribution >= 4 is 33.5 Å². The minimum absolute atomic E-state index is 0.0365. The number of rotatable bonds is 5. The van der Waals surface area contributed by atoms with Gasteiger partial charge in [-0.2, -0.15) is 0 Å². The fraction of sp³-hybridized carbons (Fsp3) is 0.400. The van der Waals surface area contributed by atoms with Crippen molar-refractivity contribution in [1.29, 1.82) is 0 Å². The average Bonchev–Trinajstić information content (AvgIpc) is 2.42. The first kappa shape index (κ1) is 14.9. The third-order valence-electron chi connectivity index (χ3n) is 3.34. The average molecular weight is 338 g/mol. The van der Waals surface area contributed by atoms with Crippen LogP contribution >= 0.6 is 15.9 Å². The van der Waals surface area contributed by atoms with Gasteiger partial charge in [0, 0.05) is 35.8 Å². The predicted octanol–water partition coefficient (Wildman–Crippen LogP) is 2.95. The molecule has 0 atom stereocenters. The molecule has 0 saturated carbocycles. The Kier molecular flexibility index (Phi) is 5.06. The number of piperidine rings is 1. The van der Waals surface area contributed by atoms with Crippen molar-refractivity contribution in [3.63, 3.8) is 0 Å². The van der Waals surface area contributed by atoms with Crippen molar-refractivity contribution in [3.05, 3.63) is 34.3 Å². The predicted molar refractivity (Wildman–Crippen MR) is 78.3 cm³/mol. The van der Waals surface area contributed by atoms with E-state index in [0.29, 0.717) is 44.2 Å². The zero-order chi connectivity index (χ0) is 14.5. The summed E-state index contributed by atoms with van der Waals surface area (Å²) in [7, 11) is 0. The lowest BCUT2D eigenvalue weighted by molar-refractivity contribution is -0.147. The van der Waals surface area contributed by atoms with E-state index in [9.17, 15) is 14.4 Å². The smallest absolute Gasteiger partial charge is 0.229 e. The highest BCUT2D eigenvalue weighted by Gasteiger charge is 2.25. The van der Waals surface area contributed by atoms with Crippen LogP contribution in [0.15, 0.2) is 28.7 Å². The highest BCUT2D eigenvalue weighted by molar-refractivity contribution is 9.10. The minimum atomic E-state index is -0.114. The van der Waals surface area contributed by atoms with Gasteiger partial charge in [0.05, 0.1) is 0 Å². The summed E-state index contributed by atoms with van der Waals surface area (Å²) in [5.41, 5.74) is 0.657. The second kappa shape index (κ2) is 6.79. The van der Waals surface area contributed by atoms with Gasteiger partial charge in [-0.25, -0.2) is 0 Å². The van der Waals surface area contributed by atoms with Gasteiger partial charge in [0.1, 0.15) is 0 Å². The Morgan fingerprint density at radius 3 is 2.30 bits per heavy atom. The summed E-state index contributed by atoms with van der Waals surface area (Å²) < 4.78 is 0.929. The van der Waals surface area contributed by atoms with Crippen LogP contribution in [0, 0.1) is 0 Å². The number of carbonyl (C=O) groups is 3. The lowest BCUT2D eigenvalue weighted by Gasteiger charge is -2.24. The standard InChI is InChI=1S/C15H16BrNO3/c16-12-8-6-11(7-9-12)13(18)3-2-10-17-14(19)4-1-5-15(17)20/h6-9H,1-5,10H2. The van der Waals surface area contributed by atoms with Crippen LogP contribution in [0.25, 0.3) is 0 Å². The molecule has 1 aliphatic rings. The Morgan fingerprint density at radius 2 is 1.70 bits per heavy atom. The second-order valence-electron chi connectivity index (χ2n) is 4.83. The molecule has 106 valence electrons. The van der Waals surface area contributed by atoms with Crippen LogP contribution in [0.4, 0.5) is 0 Å². The number of benzene rings is 1. The Labute approximate surface area is 126 Å². The fourth-order valence-corrected chi connectivity index (χ4v) is 2.49. The molecule has 0 aromatic heterocycles. The topological polar surface area (TPSA) is 54.5 Å². The van der Waals surface area contributed by atoms with Crippen molar-refractivity contribution in [1.82, 2.24) is 4.90 Å². The molecule has 0 unspecified atom stereocenters. The Balaban J connectivity index is 1.83. The summed E-state index contributed by atoms with van der Waals surface area (Å²) in [6.45, 7) is 0.347. The number of imide groups is 1. The summed E-state index contributed by atoms with van der Waals surface area (Å²) in [5, 5.41) is 0. The van der Waals surface area contributed by atoms with Crippen LogP contribution in [0.5, 0.6) is 0 Å². The molecule has 2 rings (SSSR count). The SMILES string of the molecule is O=C(CCCN1C(=O)CCCC1=O)c1ccc(Br)cc1. The van der Waals surface area contributed by atoms with Crippen molar-refractivity contribution in [2.45, 2.75) is 32.1 Å². The van der Waals surface area contributed by atoms with Gasteiger partial charge in [0.15, 0.2) is 5.78 Å². The molecule has 2 amide bonds. The molecule has 0 N–H and O–H groups in total. The Hall–Kier alpha value is -1.49. The maximum absolute atomic E-state index is 12.0. The molecule has 1 saturated heterocycles. The molecule has 0 spiro atoms. The Bertz CT molecular complexity index is 508. The Morgan fingerprint density at radius 1 is 1.10 bits per heavy atom. The number of hydrogen-bond acceptors (Lipinski definition) is 3. The van der Waals surface area contributed by atoms with Gasteiger partial charge >= 0.3 is 0 Å². The first-order chi connectivity index (χ1) is 9.58. The molecule has 20 heavy (non-hydrogen) atoms. The van der Waals surface area contributed by atoms with Crippen LogP contribution < -0.4 is 0 Å². The van der Waals surface area contributed by atoms with E-state index in [-0.39, 0.29) is 17.6 Å². The van der Waals surface area contributed by atoms with Crippen LogP contribution in [-0.4, -0.2) is 29.0 Å². The summed E-state index contributed by atoms with van der Waals surface area (Å²) >= 11 is 3.32. The monoisotopic (exact) mass is 337 g/mol. The molecule has 5 heteroatoms. The maximum Gasteiger partial charge on any atom is 0.229 e. The minimum Gasteiger partial charge on any atom is -0.294 e. The van der Waals surface area contributed by atoms with Gasteiger partial charge < -0.3 is 0 Å². The maximum atomic E-state index is 12.0. The van der Waals surface area contributed by atoms with Crippen LogP contribution in [0.3, 0.4) is 0 Å². The van der Waals surface area contributed by atoms with E-state index in [1.807, 2.05) is 12.1 Å². The highest BCUT2D eigenvalue weighted by atomic mass is 79.9. The summed E-state index contributed by atoms with van der Waals surface area (Å²) in [6.07, 6.45) is 2.38. The highest BCUT2D eigenvalue weighted by Crippen LogP contribution is 2.15. The van der Waals surface area contributed by atoms with E-state index >= 15 is 0 Å². The first-order valence-electron chi connectivity index (χ1n) is 6.70. The van der Waals surface area contributed by atoms with E-state index in [2.05, 4.69) is 15.9 Å². The number of halogens is 1. The molecular formula is C15H16BrNO3. The molecule has 1 aromatic rings. The van der Waals surface area contributed by atoms with E-state index in [1.165, 1.54) is 4.90 Å².